The van der Waals surface area contributed by atoms with Crippen molar-refractivity contribution < 1.29 is 8.42 Å². The van der Waals surface area contributed by atoms with Gasteiger partial charge in [-0.15, -0.1) is 0 Å². The highest BCUT2D eigenvalue weighted by Crippen LogP contribution is 2.27. The van der Waals surface area contributed by atoms with Gasteiger partial charge in [-0.2, -0.15) is 0 Å². The first-order chi connectivity index (χ1) is 9.96. The molecule has 2 heterocycles. The number of anilines is 1. The lowest BCUT2D eigenvalue weighted by atomic mass is 10.1. The van der Waals surface area contributed by atoms with Crippen LogP contribution in [0.3, 0.4) is 0 Å². The molecular weight excluding hydrogens is 286 g/mol. The second-order valence-corrected chi connectivity index (χ2v) is 8.24. The molecule has 21 heavy (non-hydrogen) atoms. The third-order valence-corrected chi connectivity index (χ3v) is 6.32. The molecule has 2 aliphatic heterocycles. The van der Waals surface area contributed by atoms with Crippen molar-refractivity contribution in [3.63, 3.8) is 0 Å². The molecule has 2 aliphatic rings. The van der Waals surface area contributed by atoms with E-state index in [1.54, 1.807) is 19.2 Å². The van der Waals surface area contributed by atoms with Gasteiger partial charge in [0.15, 0.2) is 0 Å². The smallest absolute Gasteiger partial charge is 0.242 e. The quantitative estimate of drug-likeness (QED) is 0.909. The lowest BCUT2D eigenvalue weighted by molar-refractivity contribution is 0.357. The van der Waals surface area contributed by atoms with Gasteiger partial charge in [0.1, 0.15) is 0 Å². The second kappa shape index (κ2) is 5.59. The van der Waals surface area contributed by atoms with Crippen molar-refractivity contribution >= 4 is 15.7 Å². The predicted molar refractivity (Wildman–Crippen MR) is 84.1 cm³/mol. The van der Waals surface area contributed by atoms with Crippen LogP contribution in [0.25, 0.3) is 0 Å². The summed E-state index contributed by atoms with van der Waals surface area (Å²) in [5, 5.41) is 3.24. The van der Waals surface area contributed by atoms with E-state index in [-0.39, 0.29) is 0 Å². The van der Waals surface area contributed by atoms with Gasteiger partial charge in [-0.3, -0.25) is 0 Å². The Morgan fingerprint density at radius 2 is 2.24 bits per heavy atom. The summed E-state index contributed by atoms with van der Waals surface area (Å²) < 4.78 is 26.9. The average molecular weight is 309 g/mol. The molecule has 1 fully saturated rings. The maximum absolute atomic E-state index is 12.7. The van der Waals surface area contributed by atoms with Crippen LogP contribution < -0.4 is 5.32 Å². The lowest BCUT2D eigenvalue weighted by Crippen LogP contribution is -2.32. The number of fused-ring (bicyclic) bond motifs is 1. The van der Waals surface area contributed by atoms with E-state index in [0.29, 0.717) is 17.4 Å². The second-order valence-electron chi connectivity index (χ2n) is 6.20. The molecule has 1 unspecified atom stereocenters. The van der Waals surface area contributed by atoms with Gasteiger partial charge in [-0.1, -0.05) is 6.07 Å². The molecule has 1 saturated heterocycles. The summed E-state index contributed by atoms with van der Waals surface area (Å²) in [7, 11) is 0.382. The van der Waals surface area contributed by atoms with E-state index in [1.165, 1.54) is 9.87 Å². The number of hydrogen-bond acceptors (Lipinski definition) is 4. The van der Waals surface area contributed by atoms with E-state index in [0.717, 1.165) is 38.2 Å². The first-order valence-corrected chi connectivity index (χ1v) is 8.92. The van der Waals surface area contributed by atoms with Gasteiger partial charge in [0, 0.05) is 32.4 Å². The molecule has 0 amide bonds. The Labute approximate surface area is 127 Å². The van der Waals surface area contributed by atoms with E-state index in [9.17, 15) is 8.42 Å². The van der Waals surface area contributed by atoms with E-state index in [1.807, 2.05) is 6.07 Å². The van der Waals surface area contributed by atoms with E-state index >= 15 is 0 Å². The van der Waals surface area contributed by atoms with Gasteiger partial charge < -0.3 is 10.2 Å². The molecule has 1 atom stereocenters. The topological polar surface area (TPSA) is 52.7 Å². The van der Waals surface area contributed by atoms with Crippen LogP contribution in [-0.2, 0) is 16.4 Å². The lowest BCUT2D eigenvalue weighted by Gasteiger charge is -2.21. The molecule has 116 valence electrons. The van der Waals surface area contributed by atoms with E-state index < -0.39 is 10.0 Å². The van der Waals surface area contributed by atoms with Crippen LogP contribution in [0.2, 0.25) is 0 Å². The first-order valence-electron chi connectivity index (χ1n) is 7.48. The Hall–Kier alpha value is -1.11. The van der Waals surface area contributed by atoms with Crippen LogP contribution in [0.15, 0.2) is 23.1 Å². The number of rotatable bonds is 4. The van der Waals surface area contributed by atoms with Crippen LogP contribution >= 0.6 is 0 Å². The number of hydrogen-bond donors (Lipinski definition) is 1. The first kappa shape index (κ1) is 14.8. The Morgan fingerprint density at radius 3 is 2.95 bits per heavy atom. The minimum Gasteiger partial charge on any atom is -0.384 e. The number of sulfonamides is 1. The molecule has 3 rings (SSSR count). The molecule has 5 nitrogen and oxygen atoms in total. The Kier molecular flexibility index (Phi) is 3.94. The Balaban J connectivity index is 1.76. The highest BCUT2D eigenvalue weighted by Gasteiger charge is 2.28. The van der Waals surface area contributed by atoms with Crippen molar-refractivity contribution in [2.24, 2.45) is 5.92 Å². The molecule has 0 aliphatic carbocycles. The fourth-order valence-electron chi connectivity index (χ4n) is 3.25. The zero-order valence-corrected chi connectivity index (χ0v) is 13.5. The van der Waals surface area contributed by atoms with Gasteiger partial charge in [0.25, 0.3) is 0 Å². The largest absolute Gasteiger partial charge is 0.384 e. The average Bonchev–Trinajstić information content (AvgIpc) is 3.06. The van der Waals surface area contributed by atoms with Crippen molar-refractivity contribution in [3.05, 3.63) is 23.8 Å². The zero-order chi connectivity index (χ0) is 15.0. The number of nitrogens with one attached hydrogen (secondary N) is 1. The van der Waals surface area contributed by atoms with E-state index in [4.69, 9.17) is 0 Å². The molecule has 0 saturated carbocycles. The highest BCUT2D eigenvalue weighted by molar-refractivity contribution is 7.89. The van der Waals surface area contributed by atoms with Gasteiger partial charge in [0.05, 0.1) is 4.90 Å². The summed E-state index contributed by atoms with van der Waals surface area (Å²) in [6.45, 7) is 3.52. The van der Waals surface area contributed by atoms with Gasteiger partial charge in [-0.25, -0.2) is 12.7 Å². The van der Waals surface area contributed by atoms with Crippen LogP contribution in [0.4, 0.5) is 5.69 Å². The summed E-state index contributed by atoms with van der Waals surface area (Å²) in [5.74, 6) is 0.433. The van der Waals surface area contributed by atoms with E-state index in [2.05, 4.69) is 17.3 Å². The molecule has 1 aromatic rings. The SMILES string of the molecule is CN1CCC(CN(C)S(=O)(=O)c2ccc3c(c2)NCC3)C1. The Bertz CT molecular complexity index is 630. The molecule has 6 heteroatoms. The molecule has 0 aromatic heterocycles. The number of nitrogens with zero attached hydrogens (tertiary/aromatic N) is 2. The molecule has 0 spiro atoms. The normalized spacial score (nSPS) is 22.5. The zero-order valence-electron chi connectivity index (χ0n) is 12.7. The van der Waals surface area contributed by atoms with Crippen molar-refractivity contribution in [2.75, 3.05) is 45.6 Å². The molecule has 0 radical (unpaired) electrons. The van der Waals surface area contributed by atoms with Gasteiger partial charge in [-0.05, 0) is 50.0 Å². The fraction of sp³-hybridized carbons (Fsp3) is 0.600. The van der Waals surface area contributed by atoms with Gasteiger partial charge >= 0.3 is 0 Å². The summed E-state index contributed by atoms with van der Waals surface area (Å²) in [6.07, 6.45) is 2.04. The predicted octanol–water partition coefficient (Wildman–Crippen LogP) is 1.23. The summed E-state index contributed by atoms with van der Waals surface area (Å²) in [6, 6.07) is 5.44. The van der Waals surface area contributed by atoms with Crippen LogP contribution in [0, 0.1) is 5.92 Å². The minimum atomic E-state index is -3.39. The maximum atomic E-state index is 12.7. The van der Waals surface area contributed by atoms with Gasteiger partial charge in [0.2, 0.25) is 10.0 Å². The molecule has 1 aromatic carbocycles. The summed E-state index contributed by atoms with van der Waals surface area (Å²) in [4.78, 5) is 2.65. The van der Waals surface area contributed by atoms with Crippen LogP contribution in [0.5, 0.6) is 0 Å². The standard InChI is InChI=1S/C15H23N3O2S/c1-17-8-6-12(10-17)11-18(2)21(19,20)14-4-3-13-5-7-16-15(13)9-14/h3-4,9,12,16H,5-8,10-11H2,1-2H3. The fourth-order valence-corrected chi connectivity index (χ4v) is 4.52. The van der Waals surface area contributed by atoms with Crippen molar-refractivity contribution in [2.45, 2.75) is 17.7 Å². The van der Waals surface area contributed by atoms with Crippen LogP contribution in [-0.4, -0.2) is 57.9 Å². The van der Waals surface area contributed by atoms with Crippen molar-refractivity contribution in [1.82, 2.24) is 9.21 Å². The maximum Gasteiger partial charge on any atom is 0.242 e. The Morgan fingerprint density at radius 1 is 1.43 bits per heavy atom. The summed E-state index contributed by atoms with van der Waals surface area (Å²) >= 11 is 0. The monoisotopic (exact) mass is 309 g/mol. The van der Waals surface area contributed by atoms with Crippen LogP contribution in [0.1, 0.15) is 12.0 Å². The van der Waals surface area contributed by atoms with Crippen molar-refractivity contribution in [1.29, 1.82) is 0 Å². The summed E-state index contributed by atoms with van der Waals surface area (Å²) in [5.41, 5.74) is 2.17. The molecule has 1 N–H and O–H groups in total. The number of likely N-dealkylation sites (tertiary alicyclic amines) is 1. The van der Waals surface area contributed by atoms with Crippen molar-refractivity contribution in [3.8, 4) is 0 Å². The highest BCUT2D eigenvalue weighted by atomic mass is 32.2. The molecule has 0 bridgehead atoms. The minimum absolute atomic E-state index is 0.393. The molecular formula is C15H23N3O2S. The third kappa shape index (κ3) is 2.93. The number of benzene rings is 1. The third-order valence-electron chi connectivity index (χ3n) is 4.50.